The number of fused-ring (bicyclic) bond motifs is 3. The predicted octanol–water partition coefficient (Wildman–Crippen LogP) is 2.44. The van der Waals surface area contributed by atoms with Crippen LogP contribution in [0.5, 0.6) is 0 Å². The molecule has 7 nitrogen and oxygen atoms in total. The first kappa shape index (κ1) is 18.4. The van der Waals surface area contributed by atoms with Gasteiger partial charge >= 0.3 is 0 Å². The Morgan fingerprint density at radius 3 is 2.93 bits per heavy atom. The number of carbonyl (C=O) groups excluding carboxylic acids is 2. The fourth-order valence-corrected chi connectivity index (χ4v) is 3.63. The van der Waals surface area contributed by atoms with Crippen LogP contribution in [0.3, 0.4) is 0 Å². The molecule has 2 atom stereocenters. The van der Waals surface area contributed by atoms with Crippen LogP contribution in [0.15, 0.2) is 30.3 Å². The first-order chi connectivity index (χ1) is 13.5. The van der Waals surface area contributed by atoms with Gasteiger partial charge in [0.25, 0.3) is 5.91 Å². The summed E-state index contributed by atoms with van der Waals surface area (Å²) < 4.78 is 5.50. The lowest BCUT2D eigenvalue weighted by Crippen LogP contribution is -2.46. The Hall–Kier alpha value is -2.93. The van der Waals surface area contributed by atoms with Crippen LogP contribution in [0, 0.1) is 6.92 Å². The van der Waals surface area contributed by atoms with Crippen molar-refractivity contribution in [2.45, 2.75) is 38.8 Å². The molecule has 2 amide bonds. The summed E-state index contributed by atoms with van der Waals surface area (Å²) in [5.74, 6) is -0.594. The number of ether oxygens (including phenoxy) is 1. The molecule has 1 saturated heterocycles. The lowest BCUT2D eigenvalue weighted by Gasteiger charge is -2.16. The van der Waals surface area contributed by atoms with Crippen molar-refractivity contribution in [3.05, 3.63) is 41.7 Å². The van der Waals surface area contributed by atoms with E-state index >= 15 is 0 Å². The second-order valence-electron chi connectivity index (χ2n) is 7.26. The van der Waals surface area contributed by atoms with Crippen molar-refractivity contribution in [3.63, 3.8) is 0 Å². The van der Waals surface area contributed by atoms with Crippen molar-refractivity contribution in [1.29, 1.82) is 0 Å². The Morgan fingerprint density at radius 1 is 1.32 bits per heavy atom. The van der Waals surface area contributed by atoms with E-state index in [9.17, 15) is 9.59 Å². The van der Waals surface area contributed by atoms with E-state index in [-0.39, 0.29) is 17.9 Å². The average Bonchev–Trinajstić information content (AvgIpc) is 3.34. The van der Waals surface area contributed by atoms with Crippen LogP contribution < -0.4 is 10.6 Å². The Balaban J connectivity index is 1.48. The normalized spacial score (nSPS) is 17.7. The molecule has 0 unspecified atom stereocenters. The highest BCUT2D eigenvalue weighted by Crippen LogP contribution is 2.27. The summed E-state index contributed by atoms with van der Waals surface area (Å²) >= 11 is 0. The van der Waals surface area contributed by atoms with Crippen molar-refractivity contribution in [2.24, 2.45) is 0 Å². The van der Waals surface area contributed by atoms with Crippen LogP contribution in [0.1, 0.15) is 35.9 Å². The number of nitrogens with one attached hydrogen (secondary N) is 3. The van der Waals surface area contributed by atoms with E-state index in [1.807, 2.05) is 31.2 Å². The van der Waals surface area contributed by atoms with Gasteiger partial charge in [0.15, 0.2) is 0 Å². The molecule has 0 aliphatic carbocycles. The number of hydrogen-bond acceptors (Lipinski definition) is 4. The highest BCUT2D eigenvalue weighted by molar-refractivity contribution is 6.10. The number of carbonyl (C=O) groups is 2. The maximum Gasteiger partial charge on any atom is 0.270 e. The highest BCUT2D eigenvalue weighted by Gasteiger charge is 2.21. The van der Waals surface area contributed by atoms with Gasteiger partial charge in [-0.3, -0.25) is 9.59 Å². The van der Waals surface area contributed by atoms with Crippen LogP contribution in [0.4, 0.5) is 0 Å². The third-order valence-electron chi connectivity index (χ3n) is 5.18. The summed E-state index contributed by atoms with van der Waals surface area (Å²) in [4.78, 5) is 32.7. The summed E-state index contributed by atoms with van der Waals surface area (Å²) in [7, 11) is 0. The molecule has 3 heterocycles. The number of benzene rings is 1. The Labute approximate surface area is 162 Å². The second-order valence-corrected chi connectivity index (χ2v) is 7.26. The zero-order valence-electron chi connectivity index (χ0n) is 16.0. The van der Waals surface area contributed by atoms with Gasteiger partial charge in [-0.2, -0.15) is 0 Å². The smallest absolute Gasteiger partial charge is 0.270 e. The van der Waals surface area contributed by atoms with E-state index in [4.69, 9.17) is 4.74 Å². The van der Waals surface area contributed by atoms with Crippen LogP contribution in [0.25, 0.3) is 21.8 Å². The topological polar surface area (TPSA) is 96.1 Å². The molecule has 1 aliphatic heterocycles. The van der Waals surface area contributed by atoms with Gasteiger partial charge in [-0.1, -0.05) is 18.2 Å². The van der Waals surface area contributed by atoms with Crippen LogP contribution in [0.2, 0.25) is 0 Å². The van der Waals surface area contributed by atoms with Gasteiger partial charge in [0.05, 0.1) is 17.3 Å². The minimum atomic E-state index is -0.658. The molecule has 0 radical (unpaired) electrons. The van der Waals surface area contributed by atoms with E-state index < -0.39 is 6.04 Å². The fourth-order valence-electron chi connectivity index (χ4n) is 3.63. The first-order valence-corrected chi connectivity index (χ1v) is 9.61. The van der Waals surface area contributed by atoms with Crippen molar-refractivity contribution in [3.8, 4) is 0 Å². The molecule has 3 N–H and O–H groups in total. The molecule has 28 heavy (non-hydrogen) atoms. The van der Waals surface area contributed by atoms with Crippen molar-refractivity contribution < 1.29 is 14.3 Å². The maximum absolute atomic E-state index is 12.7. The maximum atomic E-state index is 12.7. The largest absolute Gasteiger partial charge is 0.376 e. The highest BCUT2D eigenvalue weighted by atomic mass is 16.5. The summed E-state index contributed by atoms with van der Waals surface area (Å²) in [6, 6.07) is 9.05. The number of nitrogens with zero attached hydrogens (tertiary/aromatic N) is 1. The molecular formula is C21H24N4O3. The molecule has 146 valence electrons. The van der Waals surface area contributed by atoms with Crippen LogP contribution >= 0.6 is 0 Å². The number of amides is 2. The van der Waals surface area contributed by atoms with Gasteiger partial charge in [0.2, 0.25) is 5.91 Å². The van der Waals surface area contributed by atoms with E-state index in [0.717, 1.165) is 46.9 Å². The number of aromatic amines is 1. The second kappa shape index (κ2) is 7.59. The lowest BCUT2D eigenvalue weighted by molar-refractivity contribution is -0.123. The lowest BCUT2D eigenvalue weighted by atomic mass is 10.1. The zero-order valence-corrected chi connectivity index (χ0v) is 16.0. The Kier molecular flexibility index (Phi) is 5.00. The molecule has 3 aromatic rings. The number of aryl methyl sites for hydroxylation is 1. The van der Waals surface area contributed by atoms with Crippen LogP contribution in [-0.2, 0) is 9.53 Å². The van der Waals surface area contributed by atoms with Gasteiger partial charge < -0.3 is 20.4 Å². The van der Waals surface area contributed by atoms with Crippen LogP contribution in [-0.4, -0.2) is 47.1 Å². The number of hydrogen-bond donors (Lipinski definition) is 3. The third kappa shape index (κ3) is 3.57. The molecule has 7 heteroatoms. The van der Waals surface area contributed by atoms with Crippen molar-refractivity contribution in [1.82, 2.24) is 20.6 Å². The van der Waals surface area contributed by atoms with Gasteiger partial charge in [-0.15, -0.1) is 0 Å². The molecule has 1 aromatic carbocycles. The molecule has 1 fully saturated rings. The number of pyridine rings is 1. The Bertz CT molecular complexity index is 1040. The van der Waals surface area contributed by atoms with Gasteiger partial charge in [-0.05, 0) is 38.8 Å². The van der Waals surface area contributed by atoms with Gasteiger partial charge in [0, 0.05) is 29.4 Å². The molecule has 0 spiro atoms. The van der Waals surface area contributed by atoms with Crippen molar-refractivity contribution >= 4 is 33.6 Å². The fraction of sp³-hybridized carbons (Fsp3) is 0.381. The number of para-hydroxylation sites is 1. The molecule has 0 bridgehead atoms. The van der Waals surface area contributed by atoms with E-state index in [0.29, 0.717) is 12.2 Å². The zero-order chi connectivity index (χ0) is 19.7. The summed E-state index contributed by atoms with van der Waals surface area (Å²) in [6.07, 6.45) is 2.05. The standard InChI is InChI=1S/C21H24N4O3/c1-12-19-16(15-7-3-4-8-17(15)25-19)10-18(23-12)21(27)24-13(2)20(26)22-11-14-6-5-9-28-14/h3-4,7-8,10,13-14,25H,5-6,9,11H2,1-2H3,(H,22,26)(H,24,27)/t13-,14+/m0/s1. The first-order valence-electron chi connectivity index (χ1n) is 9.61. The third-order valence-corrected chi connectivity index (χ3v) is 5.18. The molecule has 2 aromatic heterocycles. The summed E-state index contributed by atoms with van der Waals surface area (Å²) in [5.41, 5.74) is 2.96. The van der Waals surface area contributed by atoms with E-state index in [1.165, 1.54) is 0 Å². The SMILES string of the molecule is Cc1nc(C(=O)N[C@@H](C)C(=O)NC[C@H]2CCCO2)cc2c1[nH]c1ccccc12. The van der Waals surface area contributed by atoms with E-state index in [2.05, 4.69) is 20.6 Å². The predicted molar refractivity (Wildman–Crippen MR) is 107 cm³/mol. The number of rotatable bonds is 5. The Morgan fingerprint density at radius 2 is 2.14 bits per heavy atom. The minimum absolute atomic E-state index is 0.0699. The average molecular weight is 380 g/mol. The number of aromatic nitrogens is 2. The van der Waals surface area contributed by atoms with Gasteiger partial charge in [0.1, 0.15) is 11.7 Å². The molecular weight excluding hydrogens is 356 g/mol. The molecule has 4 rings (SSSR count). The number of H-pyrrole nitrogens is 1. The summed E-state index contributed by atoms with van der Waals surface area (Å²) in [5, 5.41) is 7.57. The monoisotopic (exact) mass is 380 g/mol. The quantitative estimate of drug-likeness (QED) is 0.633. The summed E-state index contributed by atoms with van der Waals surface area (Å²) in [6.45, 7) is 4.75. The minimum Gasteiger partial charge on any atom is -0.376 e. The molecule has 1 aliphatic rings. The van der Waals surface area contributed by atoms with Gasteiger partial charge in [-0.25, -0.2) is 4.98 Å². The van der Waals surface area contributed by atoms with E-state index in [1.54, 1.807) is 13.0 Å². The van der Waals surface area contributed by atoms with Crippen molar-refractivity contribution in [2.75, 3.05) is 13.2 Å². The molecule has 0 saturated carbocycles.